The van der Waals surface area contributed by atoms with E-state index in [0.29, 0.717) is 12.6 Å². The van der Waals surface area contributed by atoms with Crippen LogP contribution in [0.25, 0.3) is 10.8 Å². The van der Waals surface area contributed by atoms with E-state index < -0.39 is 0 Å². The van der Waals surface area contributed by atoms with Gasteiger partial charge in [-0.1, -0.05) is 31.2 Å². The second-order valence-corrected chi connectivity index (χ2v) is 5.61. The first-order valence-electron chi connectivity index (χ1n) is 7.68. The molecule has 1 unspecified atom stereocenters. The molecule has 1 aromatic carbocycles. The molecule has 0 bridgehead atoms. The van der Waals surface area contributed by atoms with Crippen LogP contribution in [-0.4, -0.2) is 17.6 Å². The summed E-state index contributed by atoms with van der Waals surface area (Å²) in [5.41, 5.74) is 6.98. The first-order valence-corrected chi connectivity index (χ1v) is 7.68. The van der Waals surface area contributed by atoms with Crippen molar-refractivity contribution < 1.29 is 0 Å². The molecule has 1 aromatic heterocycles. The number of piperidine rings is 1. The third-order valence-electron chi connectivity index (χ3n) is 4.45. The van der Waals surface area contributed by atoms with Crippen LogP contribution in [0.3, 0.4) is 0 Å². The summed E-state index contributed by atoms with van der Waals surface area (Å²) in [6, 6.07) is 9.15. The van der Waals surface area contributed by atoms with E-state index >= 15 is 0 Å². The topological polar surface area (TPSA) is 42.2 Å². The van der Waals surface area contributed by atoms with Gasteiger partial charge >= 0.3 is 0 Å². The van der Waals surface area contributed by atoms with Gasteiger partial charge in [-0.25, -0.2) is 4.98 Å². The SMILES string of the molecule is CCC1CCCCN1c1ncc(CN)c2ccccc12. The van der Waals surface area contributed by atoms with Crippen molar-refractivity contribution in [1.82, 2.24) is 4.98 Å². The highest BCUT2D eigenvalue weighted by Crippen LogP contribution is 2.32. The maximum atomic E-state index is 5.84. The van der Waals surface area contributed by atoms with Crippen molar-refractivity contribution in [3.63, 3.8) is 0 Å². The Kier molecular flexibility index (Phi) is 3.88. The van der Waals surface area contributed by atoms with Crippen molar-refractivity contribution in [3.8, 4) is 0 Å². The second kappa shape index (κ2) is 5.80. The largest absolute Gasteiger partial charge is 0.353 e. The minimum atomic E-state index is 0.547. The van der Waals surface area contributed by atoms with E-state index in [1.54, 1.807) is 0 Å². The summed E-state index contributed by atoms with van der Waals surface area (Å²) in [5.74, 6) is 1.14. The van der Waals surface area contributed by atoms with E-state index in [9.17, 15) is 0 Å². The minimum absolute atomic E-state index is 0.547. The van der Waals surface area contributed by atoms with Gasteiger partial charge in [0.25, 0.3) is 0 Å². The molecule has 0 spiro atoms. The van der Waals surface area contributed by atoms with Crippen LogP contribution in [0.5, 0.6) is 0 Å². The zero-order valence-corrected chi connectivity index (χ0v) is 12.2. The van der Waals surface area contributed by atoms with Crippen molar-refractivity contribution in [3.05, 3.63) is 36.0 Å². The molecule has 1 aliphatic heterocycles. The van der Waals surface area contributed by atoms with Crippen molar-refractivity contribution in [1.29, 1.82) is 0 Å². The summed E-state index contributed by atoms with van der Waals surface area (Å²) in [6.45, 7) is 3.95. The van der Waals surface area contributed by atoms with E-state index in [1.807, 2.05) is 6.20 Å². The van der Waals surface area contributed by atoms with Crippen molar-refractivity contribution in [2.45, 2.75) is 45.2 Å². The second-order valence-electron chi connectivity index (χ2n) is 5.61. The Morgan fingerprint density at radius 2 is 2.05 bits per heavy atom. The Hall–Kier alpha value is -1.61. The molecule has 0 radical (unpaired) electrons. The molecule has 3 heteroatoms. The summed E-state index contributed by atoms with van der Waals surface area (Å²) < 4.78 is 0. The molecule has 106 valence electrons. The summed E-state index contributed by atoms with van der Waals surface area (Å²) in [6.07, 6.45) is 7.04. The van der Waals surface area contributed by atoms with Gasteiger partial charge in [0.05, 0.1) is 0 Å². The Morgan fingerprint density at radius 1 is 1.25 bits per heavy atom. The van der Waals surface area contributed by atoms with Crippen LogP contribution in [-0.2, 0) is 6.54 Å². The average molecular weight is 269 g/mol. The molecule has 0 amide bonds. The van der Waals surface area contributed by atoms with Gasteiger partial charge in [-0.3, -0.25) is 0 Å². The number of benzene rings is 1. The van der Waals surface area contributed by atoms with Crippen LogP contribution >= 0.6 is 0 Å². The number of hydrogen-bond donors (Lipinski definition) is 1. The Labute approximate surface area is 120 Å². The highest BCUT2D eigenvalue weighted by Gasteiger charge is 2.23. The van der Waals surface area contributed by atoms with Gasteiger partial charge in [0.15, 0.2) is 0 Å². The van der Waals surface area contributed by atoms with Crippen LogP contribution in [0.1, 0.15) is 38.2 Å². The fraction of sp³-hybridized carbons (Fsp3) is 0.471. The first-order chi connectivity index (χ1) is 9.85. The molecular weight excluding hydrogens is 246 g/mol. The average Bonchev–Trinajstić information content (AvgIpc) is 2.53. The monoisotopic (exact) mass is 269 g/mol. The predicted molar refractivity (Wildman–Crippen MR) is 84.9 cm³/mol. The lowest BCUT2D eigenvalue weighted by molar-refractivity contribution is 0.448. The molecule has 2 heterocycles. The quantitative estimate of drug-likeness (QED) is 0.927. The van der Waals surface area contributed by atoms with E-state index in [0.717, 1.165) is 17.9 Å². The third-order valence-corrected chi connectivity index (χ3v) is 4.45. The molecular formula is C17H23N3. The molecule has 3 nitrogen and oxygen atoms in total. The Bertz CT molecular complexity index is 594. The minimum Gasteiger partial charge on any atom is -0.353 e. The fourth-order valence-corrected chi connectivity index (χ4v) is 3.33. The zero-order chi connectivity index (χ0) is 13.9. The van der Waals surface area contributed by atoms with Gasteiger partial charge in [0, 0.05) is 30.7 Å². The summed E-state index contributed by atoms with van der Waals surface area (Å²) in [7, 11) is 0. The van der Waals surface area contributed by atoms with E-state index in [-0.39, 0.29) is 0 Å². The summed E-state index contributed by atoms with van der Waals surface area (Å²) in [4.78, 5) is 7.25. The highest BCUT2D eigenvalue weighted by molar-refractivity contribution is 5.94. The van der Waals surface area contributed by atoms with Gasteiger partial charge in [-0.05, 0) is 36.6 Å². The maximum Gasteiger partial charge on any atom is 0.136 e. The van der Waals surface area contributed by atoms with Gasteiger partial charge in [-0.15, -0.1) is 0 Å². The third kappa shape index (κ3) is 2.27. The van der Waals surface area contributed by atoms with Gasteiger partial charge in [0.2, 0.25) is 0 Å². The molecule has 1 atom stereocenters. The van der Waals surface area contributed by atoms with Crippen molar-refractivity contribution in [2.24, 2.45) is 5.73 Å². The van der Waals surface area contributed by atoms with Crippen LogP contribution in [0, 0.1) is 0 Å². The molecule has 1 saturated heterocycles. The molecule has 0 saturated carbocycles. The number of nitrogens with two attached hydrogens (primary N) is 1. The van der Waals surface area contributed by atoms with Crippen LogP contribution < -0.4 is 10.6 Å². The Morgan fingerprint density at radius 3 is 2.80 bits per heavy atom. The summed E-state index contributed by atoms with van der Waals surface area (Å²) in [5, 5.41) is 2.50. The fourth-order valence-electron chi connectivity index (χ4n) is 3.33. The van der Waals surface area contributed by atoms with Crippen LogP contribution in [0.4, 0.5) is 5.82 Å². The number of hydrogen-bond acceptors (Lipinski definition) is 3. The number of pyridine rings is 1. The Balaban J connectivity index is 2.11. The standard InChI is InChI=1S/C17H23N3/c1-2-14-7-5-6-10-20(14)17-16-9-4-3-8-15(16)13(11-18)12-19-17/h3-4,8-9,12,14H,2,5-7,10-11,18H2,1H3. The lowest BCUT2D eigenvalue weighted by Gasteiger charge is -2.37. The number of anilines is 1. The van der Waals surface area contributed by atoms with Crippen molar-refractivity contribution in [2.75, 3.05) is 11.4 Å². The molecule has 0 aliphatic carbocycles. The van der Waals surface area contributed by atoms with E-state index in [1.165, 1.54) is 36.5 Å². The number of rotatable bonds is 3. The number of aromatic nitrogens is 1. The van der Waals surface area contributed by atoms with Gasteiger partial charge in [-0.2, -0.15) is 0 Å². The molecule has 1 aliphatic rings. The lowest BCUT2D eigenvalue weighted by Crippen LogP contribution is -2.39. The first kappa shape index (κ1) is 13.4. The van der Waals surface area contributed by atoms with Gasteiger partial charge < -0.3 is 10.6 Å². The molecule has 2 aromatic rings. The smallest absolute Gasteiger partial charge is 0.136 e. The lowest BCUT2D eigenvalue weighted by atomic mass is 9.98. The van der Waals surface area contributed by atoms with Gasteiger partial charge in [0.1, 0.15) is 5.82 Å². The highest BCUT2D eigenvalue weighted by atomic mass is 15.2. The normalized spacial score (nSPS) is 19.5. The summed E-state index contributed by atoms with van der Waals surface area (Å²) >= 11 is 0. The van der Waals surface area contributed by atoms with E-state index in [4.69, 9.17) is 10.7 Å². The molecule has 20 heavy (non-hydrogen) atoms. The molecule has 3 rings (SSSR count). The zero-order valence-electron chi connectivity index (χ0n) is 12.2. The molecule has 2 N–H and O–H groups in total. The molecule has 1 fully saturated rings. The van der Waals surface area contributed by atoms with Crippen LogP contribution in [0.15, 0.2) is 30.5 Å². The predicted octanol–water partition coefficient (Wildman–Crippen LogP) is 3.46. The van der Waals surface area contributed by atoms with Crippen LogP contribution in [0.2, 0.25) is 0 Å². The van der Waals surface area contributed by atoms with E-state index in [2.05, 4.69) is 36.1 Å². The number of nitrogens with zero attached hydrogens (tertiary/aromatic N) is 2. The van der Waals surface area contributed by atoms with Crippen molar-refractivity contribution >= 4 is 16.6 Å². The number of fused-ring (bicyclic) bond motifs is 1. The maximum absolute atomic E-state index is 5.84.